The van der Waals surface area contributed by atoms with Gasteiger partial charge in [0.15, 0.2) is 12.4 Å². The molecule has 102 valence electrons. The minimum Gasteiger partial charge on any atom is -0.483 e. The summed E-state index contributed by atoms with van der Waals surface area (Å²) in [6, 6.07) is 5.60. The molecular formula is C14H18N2O3. The van der Waals surface area contributed by atoms with E-state index in [-0.39, 0.29) is 6.61 Å². The number of aliphatic hydroxyl groups excluding tert-OH is 1. The Labute approximate surface area is 112 Å². The van der Waals surface area contributed by atoms with Crippen LogP contribution in [-0.4, -0.2) is 15.2 Å². The Bertz CT molecular complexity index is 549. The van der Waals surface area contributed by atoms with Crippen molar-refractivity contribution in [1.82, 2.24) is 10.1 Å². The van der Waals surface area contributed by atoms with Gasteiger partial charge in [-0.2, -0.15) is 4.98 Å². The second-order valence-electron chi connectivity index (χ2n) is 4.45. The van der Waals surface area contributed by atoms with Crippen molar-refractivity contribution in [2.24, 2.45) is 0 Å². The fourth-order valence-corrected chi connectivity index (χ4v) is 1.73. The molecule has 0 saturated carbocycles. The number of benzene rings is 1. The van der Waals surface area contributed by atoms with Crippen LogP contribution in [-0.2, 0) is 13.0 Å². The minimum absolute atomic E-state index is 0.252. The molecule has 2 rings (SSSR count). The molecule has 19 heavy (non-hydrogen) atoms. The van der Waals surface area contributed by atoms with E-state index in [1.807, 2.05) is 32.0 Å². The lowest BCUT2D eigenvalue weighted by molar-refractivity contribution is 0.198. The summed E-state index contributed by atoms with van der Waals surface area (Å²) in [7, 11) is 0. The summed E-state index contributed by atoms with van der Waals surface area (Å²) in [5, 5.41) is 13.3. The SMILES string of the molecule is CCc1noc(COc2ccc([C@H](C)O)cc2C)n1. The highest BCUT2D eigenvalue weighted by Gasteiger charge is 2.08. The van der Waals surface area contributed by atoms with E-state index in [1.54, 1.807) is 6.92 Å². The van der Waals surface area contributed by atoms with Crippen molar-refractivity contribution >= 4 is 0 Å². The Morgan fingerprint density at radius 3 is 2.79 bits per heavy atom. The monoisotopic (exact) mass is 262 g/mol. The molecule has 5 heteroatoms. The van der Waals surface area contributed by atoms with Crippen molar-refractivity contribution in [3.05, 3.63) is 41.0 Å². The molecule has 0 amide bonds. The van der Waals surface area contributed by atoms with E-state index in [4.69, 9.17) is 9.26 Å². The van der Waals surface area contributed by atoms with Crippen LogP contribution in [0.25, 0.3) is 0 Å². The molecule has 2 aromatic rings. The Kier molecular flexibility index (Phi) is 4.16. The van der Waals surface area contributed by atoms with Crippen LogP contribution in [0.15, 0.2) is 22.7 Å². The summed E-state index contributed by atoms with van der Waals surface area (Å²) in [6.45, 7) is 5.89. The predicted molar refractivity (Wildman–Crippen MR) is 69.8 cm³/mol. The summed E-state index contributed by atoms with van der Waals surface area (Å²) >= 11 is 0. The number of ether oxygens (including phenoxy) is 1. The minimum atomic E-state index is -0.476. The summed E-state index contributed by atoms with van der Waals surface area (Å²) in [4.78, 5) is 4.18. The lowest BCUT2D eigenvalue weighted by atomic mass is 10.1. The van der Waals surface area contributed by atoms with Gasteiger partial charge in [0, 0.05) is 6.42 Å². The summed E-state index contributed by atoms with van der Waals surface area (Å²) in [5.74, 6) is 1.90. The largest absolute Gasteiger partial charge is 0.483 e. The zero-order chi connectivity index (χ0) is 13.8. The van der Waals surface area contributed by atoms with E-state index in [1.165, 1.54) is 0 Å². The van der Waals surface area contributed by atoms with E-state index in [0.717, 1.165) is 23.3 Å². The third-order valence-electron chi connectivity index (χ3n) is 2.86. The smallest absolute Gasteiger partial charge is 0.264 e. The fourth-order valence-electron chi connectivity index (χ4n) is 1.73. The highest BCUT2D eigenvalue weighted by Crippen LogP contribution is 2.23. The number of hydrogen-bond acceptors (Lipinski definition) is 5. The number of rotatable bonds is 5. The van der Waals surface area contributed by atoms with Crippen LogP contribution in [0.5, 0.6) is 5.75 Å². The van der Waals surface area contributed by atoms with Gasteiger partial charge in [-0.3, -0.25) is 0 Å². The summed E-state index contributed by atoms with van der Waals surface area (Å²) in [5.41, 5.74) is 1.84. The van der Waals surface area contributed by atoms with Crippen LogP contribution < -0.4 is 4.74 Å². The number of nitrogens with zero attached hydrogens (tertiary/aromatic N) is 2. The molecule has 1 aromatic heterocycles. The van der Waals surface area contributed by atoms with E-state index >= 15 is 0 Å². The molecule has 1 N–H and O–H groups in total. The quantitative estimate of drug-likeness (QED) is 0.896. The third kappa shape index (κ3) is 3.32. The van der Waals surface area contributed by atoms with Gasteiger partial charge in [-0.05, 0) is 37.1 Å². The lowest BCUT2D eigenvalue weighted by Gasteiger charge is -2.10. The number of aromatic nitrogens is 2. The molecule has 5 nitrogen and oxygen atoms in total. The number of aliphatic hydroxyl groups is 1. The van der Waals surface area contributed by atoms with Crippen molar-refractivity contribution in [1.29, 1.82) is 0 Å². The molecule has 1 aromatic carbocycles. The molecule has 0 saturated heterocycles. The van der Waals surface area contributed by atoms with Gasteiger partial charge in [-0.25, -0.2) is 0 Å². The molecule has 0 radical (unpaired) electrons. The lowest BCUT2D eigenvalue weighted by Crippen LogP contribution is -1.99. The van der Waals surface area contributed by atoms with Crippen LogP contribution in [0, 0.1) is 6.92 Å². The maximum atomic E-state index is 9.50. The molecule has 0 aliphatic rings. The van der Waals surface area contributed by atoms with Crippen molar-refractivity contribution in [2.75, 3.05) is 0 Å². The molecule has 0 aliphatic heterocycles. The topological polar surface area (TPSA) is 68.4 Å². The maximum absolute atomic E-state index is 9.50. The Balaban J connectivity index is 2.03. The normalized spacial score (nSPS) is 12.4. The highest BCUT2D eigenvalue weighted by molar-refractivity contribution is 5.36. The van der Waals surface area contributed by atoms with Crippen molar-refractivity contribution in [2.45, 2.75) is 39.9 Å². The van der Waals surface area contributed by atoms with E-state index in [2.05, 4.69) is 10.1 Å². The zero-order valence-electron chi connectivity index (χ0n) is 11.4. The molecule has 0 unspecified atom stereocenters. The molecule has 0 aliphatic carbocycles. The molecule has 1 heterocycles. The van der Waals surface area contributed by atoms with Crippen molar-refractivity contribution < 1.29 is 14.4 Å². The van der Waals surface area contributed by atoms with Gasteiger partial charge in [0.05, 0.1) is 6.10 Å². The van der Waals surface area contributed by atoms with Gasteiger partial charge >= 0.3 is 0 Å². The second-order valence-corrected chi connectivity index (χ2v) is 4.45. The van der Waals surface area contributed by atoms with Gasteiger partial charge in [-0.1, -0.05) is 18.1 Å². The standard InChI is InChI=1S/C14H18N2O3/c1-4-13-15-14(19-16-13)8-18-12-6-5-11(10(3)17)7-9(12)2/h5-7,10,17H,4,8H2,1-3H3/t10-/m0/s1. The molecule has 1 atom stereocenters. The highest BCUT2D eigenvalue weighted by atomic mass is 16.5. The average molecular weight is 262 g/mol. The molecule has 0 spiro atoms. The predicted octanol–water partition coefficient (Wildman–Crippen LogP) is 2.57. The maximum Gasteiger partial charge on any atom is 0.264 e. The Morgan fingerprint density at radius 1 is 1.42 bits per heavy atom. The van der Waals surface area contributed by atoms with Crippen LogP contribution in [0.2, 0.25) is 0 Å². The van der Waals surface area contributed by atoms with Gasteiger partial charge in [0.25, 0.3) is 5.89 Å². The first-order valence-electron chi connectivity index (χ1n) is 6.33. The van der Waals surface area contributed by atoms with Crippen LogP contribution in [0.3, 0.4) is 0 Å². The molecule has 0 bridgehead atoms. The van der Waals surface area contributed by atoms with E-state index < -0.39 is 6.10 Å². The number of aryl methyl sites for hydroxylation is 2. The Hall–Kier alpha value is -1.88. The fraction of sp³-hybridized carbons (Fsp3) is 0.429. The average Bonchev–Trinajstić information content (AvgIpc) is 2.85. The summed E-state index contributed by atoms with van der Waals surface area (Å²) < 4.78 is 10.7. The first kappa shape index (κ1) is 13.5. The van der Waals surface area contributed by atoms with Crippen LogP contribution in [0.1, 0.15) is 42.8 Å². The second kappa shape index (κ2) is 5.84. The van der Waals surface area contributed by atoms with Crippen LogP contribution >= 0.6 is 0 Å². The van der Waals surface area contributed by atoms with E-state index in [0.29, 0.717) is 11.7 Å². The zero-order valence-corrected chi connectivity index (χ0v) is 11.4. The Morgan fingerprint density at radius 2 is 2.21 bits per heavy atom. The first-order valence-corrected chi connectivity index (χ1v) is 6.33. The molecule has 0 fully saturated rings. The van der Waals surface area contributed by atoms with Gasteiger partial charge in [0.1, 0.15) is 5.75 Å². The number of hydrogen-bond donors (Lipinski definition) is 1. The van der Waals surface area contributed by atoms with Gasteiger partial charge < -0.3 is 14.4 Å². The third-order valence-corrected chi connectivity index (χ3v) is 2.86. The van der Waals surface area contributed by atoms with Crippen LogP contribution in [0.4, 0.5) is 0 Å². The molecular weight excluding hydrogens is 244 g/mol. The van der Waals surface area contributed by atoms with Crippen molar-refractivity contribution in [3.8, 4) is 5.75 Å². The summed E-state index contributed by atoms with van der Waals surface area (Å²) in [6.07, 6.45) is 0.266. The van der Waals surface area contributed by atoms with Gasteiger partial charge in [0.2, 0.25) is 0 Å². The first-order chi connectivity index (χ1) is 9.10. The van der Waals surface area contributed by atoms with Crippen molar-refractivity contribution in [3.63, 3.8) is 0 Å². The van der Waals surface area contributed by atoms with Gasteiger partial charge in [-0.15, -0.1) is 0 Å². The van der Waals surface area contributed by atoms with E-state index in [9.17, 15) is 5.11 Å².